The van der Waals surface area contributed by atoms with E-state index in [0.29, 0.717) is 17.0 Å². The van der Waals surface area contributed by atoms with Gasteiger partial charge in [0.1, 0.15) is 11.6 Å². The molecule has 0 heterocycles. The lowest BCUT2D eigenvalue weighted by molar-refractivity contribution is 0.0953. The van der Waals surface area contributed by atoms with Crippen LogP contribution in [0.25, 0.3) is 0 Å². The molecule has 0 unspecified atom stereocenters. The number of carbonyl (C=O) groups excluding carboxylic acids is 2. The number of rotatable bonds is 5. The monoisotopic (exact) mass is 393 g/mol. The first-order valence-electron chi connectivity index (χ1n) is 8.70. The highest BCUT2D eigenvalue weighted by Gasteiger charge is 2.09. The van der Waals surface area contributed by atoms with Gasteiger partial charge in [-0.1, -0.05) is 24.3 Å². The Morgan fingerprint density at radius 2 is 1.31 bits per heavy atom. The molecule has 5 nitrogen and oxygen atoms in total. The number of anilines is 1. The Bertz CT molecular complexity index is 1100. The summed E-state index contributed by atoms with van der Waals surface area (Å²) in [6.45, 7) is 1.68. The van der Waals surface area contributed by atoms with Crippen molar-refractivity contribution >= 4 is 23.2 Å². The number of nitrogens with zero attached hydrogens (tertiary/aromatic N) is 1. The van der Waals surface area contributed by atoms with Gasteiger partial charge in [-0.3, -0.25) is 9.59 Å². The van der Waals surface area contributed by atoms with E-state index < -0.39 is 23.4 Å². The largest absolute Gasteiger partial charge is 0.322 e. The number of nitrogens with one attached hydrogen (secondary N) is 2. The van der Waals surface area contributed by atoms with Gasteiger partial charge in [0, 0.05) is 16.8 Å². The maximum absolute atomic E-state index is 13.3. The summed E-state index contributed by atoms with van der Waals surface area (Å²) >= 11 is 0. The lowest BCUT2D eigenvalue weighted by Gasteiger charge is -2.08. The molecule has 0 atom stereocenters. The Balaban J connectivity index is 1.70. The number of carbonyl (C=O) groups is 2. The Labute approximate surface area is 166 Å². The third-order valence-electron chi connectivity index (χ3n) is 4.04. The van der Waals surface area contributed by atoms with Crippen LogP contribution in [0.15, 0.2) is 77.9 Å². The minimum Gasteiger partial charge on any atom is -0.322 e. The van der Waals surface area contributed by atoms with Crippen LogP contribution in [-0.4, -0.2) is 17.5 Å². The zero-order chi connectivity index (χ0) is 20.8. The molecule has 7 heteroatoms. The summed E-state index contributed by atoms with van der Waals surface area (Å²) in [4.78, 5) is 24.3. The van der Waals surface area contributed by atoms with Crippen molar-refractivity contribution in [2.45, 2.75) is 6.92 Å². The lowest BCUT2D eigenvalue weighted by atomic mass is 10.1. The average molecular weight is 393 g/mol. The molecule has 0 aliphatic carbocycles. The number of amides is 2. The van der Waals surface area contributed by atoms with E-state index in [1.807, 2.05) is 0 Å². The van der Waals surface area contributed by atoms with Crippen molar-refractivity contribution in [1.29, 1.82) is 0 Å². The van der Waals surface area contributed by atoms with Crippen LogP contribution >= 0.6 is 0 Å². The molecule has 0 radical (unpaired) electrons. The number of hydrazone groups is 1. The van der Waals surface area contributed by atoms with Gasteiger partial charge < -0.3 is 5.32 Å². The summed E-state index contributed by atoms with van der Waals surface area (Å²) in [7, 11) is 0. The fourth-order valence-corrected chi connectivity index (χ4v) is 2.55. The van der Waals surface area contributed by atoms with E-state index in [0.717, 1.165) is 12.1 Å². The second-order valence-corrected chi connectivity index (χ2v) is 6.19. The predicted octanol–water partition coefficient (Wildman–Crippen LogP) is 4.37. The third kappa shape index (κ3) is 5.32. The van der Waals surface area contributed by atoms with Gasteiger partial charge in [-0.05, 0) is 61.0 Å². The van der Waals surface area contributed by atoms with E-state index in [1.165, 1.54) is 36.4 Å². The smallest absolute Gasteiger partial charge is 0.271 e. The minimum absolute atomic E-state index is 0.151. The SMILES string of the molecule is C/C(=N\NC(=O)c1cccc(F)c1)c1cccc(NC(=O)c2cccc(F)c2)c1. The molecule has 29 heavy (non-hydrogen) atoms. The van der Waals surface area contributed by atoms with Gasteiger partial charge in [0.05, 0.1) is 5.71 Å². The number of hydrogen-bond donors (Lipinski definition) is 2. The standard InChI is InChI=1S/C22H17F2N3O2/c1-14(26-27-22(29)17-7-3-9-19(24)12-17)15-5-4-10-20(13-15)25-21(28)16-6-2-8-18(23)11-16/h2-13H,1H3,(H,25,28)(H,27,29)/b26-14+. The summed E-state index contributed by atoms with van der Waals surface area (Å²) in [5.74, 6) is -2.00. The van der Waals surface area contributed by atoms with Gasteiger partial charge in [-0.2, -0.15) is 5.10 Å². The van der Waals surface area contributed by atoms with E-state index in [2.05, 4.69) is 15.8 Å². The summed E-state index contributed by atoms with van der Waals surface area (Å²) in [6.07, 6.45) is 0. The molecule has 0 aliphatic rings. The lowest BCUT2D eigenvalue weighted by Crippen LogP contribution is -2.19. The molecule has 2 amide bonds. The van der Waals surface area contributed by atoms with Gasteiger partial charge in [-0.15, -0.1) is 0 Å². The second kappa shape index (κ2) is 8.88. The molecule has 0 aliphatic heterocycles. The van der Waals surface area contributed by atoms with Crippen molar-refractivity contribution in [2.24, 2.45) is 5.10 Å². The van der Waals surface area contributed by atoms with Crippen molar-refractivity contribution in [3.8, 4) is 0 Å². The Morgan fingerprint density at radius 3 is 1.93 bits per heavy atom. The van der Waals surface area contributed by atoms with Gasteiger partial charge in [0.2, 0.25) is 0 Å². The van der Waals surface area contributed by atoms with Crippen LogP contribution in [0.2, 0.25) is 0 Å². The number of benzene rings is 3. The Kier molecular flexibility index (Phi) is 6.09. The zero-order valence-corrected chi connectivity index (χ0v) is 15.4. The molecule has 146 valence electrons. The first kappa shape index (κ1) is 19.9. The van der Waals surface area contributed by atoms with E-state index in [4.69, 9.17) is 0 Å². The third-order valence-corrected chi connectivity index (χ3v) is 4.04. The van der Waals surface area contributed by atoms with Crippen molar-refractivity contribution in [2.75, 3.05) is 5.32 Å². The molecule has 0 saturated heterocycles. The summed E-state index contributed by atoms with van der Waals surface area (Å²) in [5.41, 5.74) is 4.34. The highest BCUT2D eigenvalue weighted by atomic mass is 19.1. The van der Waals surface area contributed by atoms with Crippen molar-refractivity contribution in [3.05, 3.63) is 101 Å². The molecular formula is C22H17F2N3O2. The van der Waals surface area contributed by atoms with E-state index in [-0.39, 0.29) is 11.1 Å². The van der Waals surface area contributed by atoms with Crippen LogP contribution in [0.4, 0.5) is 14.5 Å². The quantitative estimate of drug-likeness (QED) is 0.499. The van der Waals surface area contributed by atoms with Crippen LogP contribution < -0.4 is 10.7 Å². The fourth-order valence-electron chi connectivity index (χ4n) is 2.55. The normalized spacial score (nSPS) is 11.1. The molecule has 3 rings (SSSR count). The van der Waals surface area contributed by atoms with Gasteiger partial charge >= 0.3 is 0 Å². The van der Waals surface area contributed by atoms with E-state index in [1.54, 1.807) is 31.2 Å². The molecule has 3 aromatic carbocycles. The van der Waals surface area contributed by atoms with Crippen LogP contribution in [0.1, 0.15) is 33.2 Å². The van der Waals surface area contributed by atoms with Crippen molar-refractivity contribution in [3.63, 3.8) is 0 Å². The van der Waals surface area contributed by atoms with Gasteiger partial charge in [0.25, 0.3) is 11.8 Å². The summed E-state index contributed by atoms with van der Waals surface area (Å²) < 4.78 is 26.5. The molecule has 0 aromatic heterocycles. The average Bonchev–Trinajstić information content (AvgIpc) is 2.72. The van der Waals surface area contributed by atoms with Crippen LogP contribution in [0.5, 0.6) is 0 Å². The molecule has 2 N–H and O–H groups in total. The second-order valence-electron chi connectivity index (χ2n) is 6.19. The number of halogens is 2. The summed E-state index contributed by atoms with van der Waals surface area (Å²) in [6, 6.07) is 17.5. The zero-order valence-electron chi connectivity index (χ0n) is 15.4. The minimum atomic E-state index is -0.542. The molecule has 0 saturated carbocycles. The van der Waals surface area contributed by atoms with Crippen LogP contribution in [0.3, 0.4) is 0 Å². The highest BCUT2D eigenvalue weighted by molar-refractivity contribution is 6.06. The molecular weight excluding hydrogens is 376 g/mol. The predicted molar refractivity (Wildman–Crippen MR) is 107 cm³/mol. The highest BCUT2D eigenvalue weighted by Crippen LogP contribution is 2.14. The van der Waals surface area contributed by atoms with Crippen molar-refractivity contribution in [1.82, 2.24) is 5.43 Å². The maximum atomic E-state index is 13.3. The van der Waals surface area contributed by atoms with E-state index >= 15 is 0 Å². The summed E-state index contributed by atoms with van der Waals surface area (Å²) in [5, 5.41) is 6.71. The van der Waals surface area contributed by atoms with Crippen LogP contribution in [-0.2, 0) is 0 Å². The van der Waals surface area contributed by atoms with E-state index in [9.17, 15) is 18.4 Å². The van der Waals surface area contributed by atoms with Crippen molar-refractivity contribution < 1.29 is 18.4 Å². The first-order chi connectivity index (χ1) is 13.9. The molecule has 0 spiro atoms. The molecule has 0 bridgehead atoms. The van der Waals surface area contributed by atoms with Gasteiger partial charge in [0.15, 0.2) is 0 Å². The topological polar surface area (TPSA) is 70.6 Å². The Hall–Kier alpha value is -3.87. The maximum Gasteiger partial charge on any atom is 0.271 e. The van der Waals surface area contributed by atoms with Crippen LogP contribution in [0, 0.1) is 11.6 Å². The van der Waals surface area contributed by atoms with Gasteiger partial charge in [-0.25, -0.2) is 14.2 Å². The molecule has 3 aromatic rings. The molecule has 0 fully saturated rings. The Morgan fingerprint density at radius 1 is 0.759 bits per heavy atom. The number of hydrogen-bond acceptors (Lipinski definition) is 3. The fraction of sp³-hybridized carbons (Fsp3) is 0.0455. The first-order valence-corrected chi connectivity index (χ1v) is 8.70.